The predicted molar refractivity (Wildman–Crippen MR) is 221 cm³/mol. The number of benzene rings is 6. The number of allylic oxidation sites excluding steroid dienone is 2. The molecule has 6 atom stereocenters. The highest BCUT2D eigenvalue weighted by Gasteiger charge is 2.70. The Labute approximate surface area is 339 Å². The summed E-state index contributed by atoms with van der Waals surface area (Å²) in [5, 5.41) is 13.9. The molecule has 2 heterocycles. The van der Waals surface area contributed by atoms with Crippen LogP contribution in [-0.4, -0.2) is 34.5 Å². The van der Waals surface area contributed by atoms with Gasteiger partial charge in [-0.25, -0.2) is 4.90 Å². The van der Waals surface area contributed by atoms with Crippen molar-refractivity contribution < 1.29 is 29.1 Å². The third-order valence-corrected chi connectivity index (χ3v) is 13.1. The van der Waals surface area contributed by atoms with Crippen LogP contribution in [0.25, 0.3) is 10.8 Å². The van der Waals surface area contributed by atoms with Crippen LogP contribution < -0.4 is 9.80 Å². The topological polar surface area (TPSA) is 112 Å². The number of imide groups is 2. The smallest absolute Gasteiger partial charge is 0.246 e. The highest BCUT2D eigenvalue weighted by Crippen LogP contribution is 2.66. The number of carbonyl (C=O) groups is 5. The Bertz CT molecular complexity index is 2750. The zero-order chi connectivity index (χ0) is 39.9. The number of halogens is 1. The zero-order valence-electron chi connectivity index (χ0n) is 31.0. The molecule has 58 heavy (non-hydrogen) atoms. The minimum atomic E-state index is -1.54. The summed E-state index contributed by atoms with van der Waals surface area (Å²) in [4.78, 5) is 75.6. The van der Waals surface area contributed by atoms with Crippen molar-refractivity contribution in [2.75, 3.05) is 9.80 Å². The fourth-order valence-electron chi connectivity index (χ4n) is 10.4. The van der Waals surface area contributed by atoms with E-state index in [0.29, 0.717) is 44.0 Å². The summed E-state index contributed by atoms with van der Waals surface area (Å²) in [6.07, 6.45) is 2.32. The van der Waals surface area contributed by atoms with Crippen LogP contribution in [0.1, 0.15) is 45.8 Å². The van der Waals surface area contributed by atoms with Crippen molar-refractivity contribution in [3.05, 3.63) is 185 Å². The fraction of sp³-hybridized carbons (Fsp3) is 0.163. The van der Waals surface area contributed by atoms with Gasteiger partial charge >= 0.3 is 0 Å². The molecule has 2 aliphatic carbocycles. The van der Waals surface area contributed by atoms with E-state index in [0.717, 1.165) is 11.0 Å². The van der Waals surface area contributed by atoms with Crippen LogP contribution in [0.3, 0.4) is 0 Å². The Hall–Kier alpha value is -6.64. The van der Waals surface area contributed by atoms with E-state index in [1.54, 1.807) is 78.9 Å². The molecule has 0 radical (unpaired) electrons. The van der Waals surface area contributed by atoms with Crippen molar-refractivity contribution in [1.29, 1.82) is 0 Å². The van der Waals surface area contributed by atoms with E-state index in [-0.39, 0.29) is 30.3 Å². The number of amides is 4. The first-order valence-electron chi connectivity index (χ1n) is 19.4. The number of phenolic OH excluding ortho intramolecular Hbond substituents is 1. The molecule has 4 amide bonds. The normalized spacial score (nSPS) is 25.1. The van der Waals surface area contributed by atoms with E-state index in [1.807, 2.05) is 72.8 Å². The summed E-state index contributed by atoms with van der Waals surface area (Å²) < 4.78 is 0. The van der Waals surface area contributed by atoms with Crippen molar-refractivity contribution >= 4 is 63.2 Å². The number of hydrogen-bond donors (Lipinski definition) is 1. The van der Waals surface area contributed by atoms with Gasteiger partial charge in [-0.15, -0.1) is 0 Å². The molecule has 2 saturated heterocycles. The van der Waals surface area contributed by atoms with Crippen LogP contribution in [0.4, 0.5) is 11.4 Å². The zero-order valence-corrected chi connectivity index (χ0v) is 31.8. The van der Waals surface area contributed by atoms with Crippen molar-refractivity contribution in [1.82, 2.24) is 0 Å². The van der Waals surface area contributed by atoms with Crippen LogP contribution in [-0.2, 0) is 24.6 Å². The van der Waals surface area contributed by atoms with E-state index in [9.17, 15) is 19.5 Å². The van der Waals surface area contributed by atoms with Crippen molar-refractivity contribution in [2.24, 2.45) is 23.7 Å². The Balaban J connectivity index is 1.14. The Kier molecular flexibility index (Phi) is 8.32. The lowest BCUT2D eigenvalue weighted by molar-refractivity contribution is -0.127. The maximum absolute atomic E-state index is 15.6. The first-order valence-corrected chi connectivity index (χ1v) is 19.8. The van der Waals surface area contributed by atoms with Crippen molar-refractivity contribution in [2.45, 2.75) is 24.2 Å². The SMILES string of the molecule is O=C(c1ccccc1)c1ccc(N2C(=O)C3CC=C4C(CC5C(=O)N(c6cccc(Cl)c6)C(=O)C5(c5ccccc5)C4c4c(O)ccc5ccccc45)C3C2=O)cc1. The minimum absolute atomic E-state index is 0.0384. The molecule has 3 fully saturated rings. The molecule has 2 aliphatic heterocycles. The quantitative estimate of drug-likeness (QED) is 0.103. The summed E-state index contributed by atoms with van der Waals surface area (Å²) in [6.45, 7) is 0. The Morgan fingerprint density at radius 2 is 1.34 bits per heavy atom. The van der Waals surface area contributed by atoms with Gasteiger partial charge in [-0.3, -0.25) is 28.9 Å². The van der Waals surface area contributed by atoms with Gasteiger partial charge in [-0.2, -0.15) is 0 Å². The Morgan fingerprint density at radius 3 is 2.09 bits per heavy atom. The number of fused-ring (bicyclic) bond motifs is 5. The van der Waals surface area contributed by atoms with Crippen LogP contribution >= 0.6 is 11.6 Å². The molecule has 284 valence electrons. The second-order valence-corrected chi connectivity index (χ2v) is 16.0. The van der Waals surface area contributed by atoms with Crippen molar-refractivity contribution in [3.8, 4) is 5.75 Å². The molecule has 6 aromatic rings. The molecule has 6 unspecified atom stereocenters. The molecule has 0 spiro atoms. The lowest BCUT2D eigenvalue weighted by atomic mass is 9.48. The van der Waals surface area contributed by atoms with Crippen molar-refractivity contribution in [3.63, 3.8) is 0 Å². The second-order valence-electron chi connectivity index (χ2n) is 15.6. The van der Waals surface area contributed by atoms with Gasteiger partial charge in [0, 0.05) is 27.6 Å². The van der Waals surface area contributed by atoms with Gasteiger partial charge in [0.25, 0.3) is 0 Å². The number of phenols is 1. The molecular formula is C49H35ClN2O6. The predicted octanol–water partition coefficient (Wildman–Crippen LogP) is 8.80. The van der Waals surface area contributed by atoms with E-state index in [1.165, 1.54) is 9.80 Å². The van der Waals surface area contributed by atoms with Gasteiger partial charge in [0.2, 0.25) is 23.6 Å². The molecule has 0 bridgehead atoms. The van der Waals surface area contributed by atoms with Gasteiger partial charge < -0.3 is 5.11 Å². The number of anilines is 2. The monoisotopic (exact) mass is 782 g/mol. The number of nitrogens with zero attached hydrogens (tertiary/aromatic N) is 2. The number of ketones is 1. The molecule has 4 aliphatic rings. The van der Waals surface area contributed by atoms with Gasteiger partial charge in [-0.05, 0) is 83.6 Å². The molecule has 0 aromatic heterocycles. The maximum atomic E-state index is 15.6. The van der Waals surface area contributed by atoms with Gasteiger partial charge in [0.1, 0.15) is 5.75 Å². The summed E-state index contributed by atoms with van der Waals surface area (Å²) in [6, 6.07) is 42.3. The summed E-state index contributed by atoms with van der Waals surface area (Å²) >= 11 is 6.46. The molecule has 8 nitrogen and oxygen atoms in total. The average Bonchev–Trinajstić information content (AvgIpc) is 3.65. The molecule has 6 aromatic carbocycles. The molecule has 9 heteroatoms. The second kappa shape index (κ2) is 13.5. The standard InChI is InChI=1S/C49H35ClN2O6/c50-32-15-9-16-34(26-32)52-46(56)39-27-38-36(43(49(39,48(52)58)31-13-5-2-6-14-31)42-35-17-8-7-10-28(35)20-25-40(42)53)23-24-37-41(38)47(57)51(45(37)55)33-21-18-30(19-22-33)44(54)29-11-3-1-4-12-29/h1-23,25-26,37-39,41,43,53H,24,27H2. The van der Waals surface area contributed by atoms with Crippen LogP contribution in [0.5, 0.6) is 5.75 Å². The largest absolute Gasteiger partial charge is 0.508 e. The fourth-order valence-corrected chi connectivity index (χ4v) is 10.6. The third kappa shape index (κ3) is 5.11. The van der Waals surface area contributed by atoms with E-state index in [2.05, 4.69) is 0 Å². The lowest BCUT2D eigenvalue weighted by Crippen LogP contribution is -2.53. The van der Waals surface area contributed by atoms with Gasteiger partial charge in [0.15, 0.2) is 5.78 Å². The number of hydrogen-bond acceptors (Lipinski definition) is 6. The molecule has 1 saturated carbocycles. The third-order valence-electron chi connectivity index (χ3n) is 12.8. The lowest BCUT2D eigenvalue weighted by Gasteiger charge is -2.51. The Morgan fingerprint density at radius 1 is 0.655 bits per heavy atom. The summed E-state index contributed by atoms with van der Waals surface area (Å²) in [7, 11) is 0. The van der Waals surface area contributed by atoms with Crippen LogP contribution in [0.15, 0.2) is 157 Å². The van der Waals surface area contributed by atoms with Gasteiger partial charge in [-0.1, -0.05) is 120 Å². The molecular weight excluding hydrogens is 748 g/mol. The molecule has 10 rings (SSSR count). The van der Waals surface area contributed by atoms with Gasteiger partial charge in [0.05, 0.1) is 34.5 Å². The maximum Gasteiger partial charge on any atom is 0.246 e. The first-order chi connectivity index (χ1) is 28.2. The van der Waals surface area contributed by atoms with E-state index < -0.39 is 52.7 Å². The van der Waals surface area contributed by atoms with Crippen LogP contribution in [0, 0.1) is 23.7 Å². The number of aromatic hydroxyl groups is 1. The summed E-state index contributed by atoms with van der Waals surface area (Å²) in [5.41, 5.74) is 1.94. The first kappa shape index (κ1) is 35.8. The van der Waals surface area contributed by atoms with Crippen LogP contribution in [0.2, 0.25) is 5.02 Å². The highest BCUT2D eigenvalue weighted by molar-refractivity contribution is 6.32. The molecule has 1 N–H and O–H groups in total. The number of rotatable bonds is 6. The summed E-state index contributed by atoms with van der Waals surface area (Å²) in [5.74, 6) is -5.91. The highest BCUT2D eigenvalue weighted by atomic mass is 35.5. The van der Waals surface area contributed by atoms with E-state index in [4.69, 9.17) is 11.6 Å². The minimum Gasteiger partial charge on any atom is -0.508 e. The number of carbonyl (C=O) groups excluding carboxylic acids is 5. The van der Waals surface area contributed by atoms with E-state index >= 15 is 9.59 Å². The average molecular weight is 783 g/mol.